The lowest BCUT2D eigenvalue weighted by atomic mass is 10.1. The van der Waals surface area contributed by atoms with Crippen molar-refractivity contribution in [2.75, 3.05) is 13.7 Å². The zero-order valence-corrected chi connectivity index (χ0v) is 12.8. The van der Waals surface area contributed by atoms with E-state index < -0.39 is 6.10 Å². The zero-order valence-electron chi connectivity index (χ0n) is 12.8. The van der Waals surface area contributed by atoms with Gasteiger partial charge in [0.05, 0.1) is 32.3 Å². The fourth-order valence-corrected chi connectivity index (χ4v) is 2.15. The fourth-order valence-electron chi connectivity index (χ4n) is 2.15. The van der Waals surface area contributed by atoms with Crippen molar-refractivity contribution in [1.82, 2.24) is 0 Å². The minimum absolute atomic E-state index is 0.0152. The van der Waals surface area contributed by atoms with Crippen molar-refractivity contribution >= 4 is 0 Å². The molecule has 2 aromatic carbocycles. The second kappa shape index (κ2) is 8.16. The Morgan fingerprint density at radius 1 is 1.17 bits per heavy atom. The summed E-state index contributed by atoms with van der Waals surface area (Å²) >= 11 is 0. The van der Waals surface area contributed by atoms with Crippen molar-refractivity contribution in [3.8, 4) is 17.6 Å². The number of nitrogens with zero attached hydrogens (tertiary/aromatic N) is 1. The maximum atomic E-state index is 12.9. The zero-order chi connectivity index (χ0) is 16.7. The molecule has 0 heterocycles. The van der Waals surface area contributed by atoms with Gasteiger partial charge in [-0.1, -0.05) is 18.2 Å². The number of hydrogen-bond donors (Lipinski definition) is 1. The van der Waals surface area contributed by atoms with E-state index in [0.717, 1.165) is 5.56 Å². The third-order valence-electron chi connectivity index (χ3n) is 3.42. The molecule has 0 bridgehead atoms. The Balaban J connectivity index is 2.03. The Hall–Kier alpha value is -2.58. The Bertz CT molecular complexity index is 680. The minimum atomic E-state index is -0.856. The number of aliphatic hydroxyl groups excluding tert-OH is 1. The molecule has 0 saturated heterocycles. The van der Waals surface area contributed by atoms with Gasteiger partial charge in [-0.2, -0.15) is 5.26 Å². The van der Waals surface area contributed by atoms with Crippen LogP contribution in [0.1, 0.15) is 23.7 Å². The number of benzene rings is 2. The average molecular weight is 315 g/mol. The lowest BCUT2D eigenvalue weighted by Gasteiger charge is -2.14. The van der Waals surface area contributed by atoms with Gasteiger partial charge in [0.25, 0.3) is 0 Å². The molecule has 0 aromatic heterocycles. The van der Waals surface area contributed by atoms with Crippen LogP contribution in [-0.2, 0) is 6.42 Å². The molecule has 0 aliphatic carbocycles. The van der Waals surface area contributed by atoms with Crippen LogP contribution in [0.3, 0.4) is 0 Å². The molecule has 1 N–H and O–H groups in total. The van der Waals surface area contributed by atoms with E-state index in [4.69, 9.17) is 14.7 Å². The molecule has 23 heavy (non-hydrogen) atoms. The van der Waals surface area contributed by atoms with Crippen LogP contribution in [0.25, 0.3) is 0 Å². The van der Waals surface area contributed by atoms with Crippen molar-refractivity contribution < 1.29 is 19.0 Å². The lowest BCUT2D eigenvalue weighted by Crippen LogP contribution is -2.04. The summed E-state index contributed by atoms with van der Waals surface area (Å²) in [7, 11) is 1.54. The van der Waals surface area contributed by atoms with Crippen LogP contribution in [0.15, 0.2) is 42.5 Å². The summed E-state index contributed by atoms with van der Waals surface area (Å²) in [5.41, 5.74) is 1.56. The summed E-state index contributed by atoms with van der Waals surface area (Å²) in [6.45, 7) is 0.389. The van der Waals surface area contributed by atoms with Crippen molar-refractivity contribution in [2.24, 2.45) is 0 Å². The van der Waals surface area contributed by atoms with Crippen LogP contribution in [0, 0.1) is 17.1 Å². The van der Waals surface area contributed by atoms with Gasteiger partial charge in [-0.15, -0.1) is 0 Å². The van der Waals surface area contributed by atoms with Gasteiger partial charge in [-0.3, -0.25) is 0 Å². The van der Waals surface area contributed by atoms with Crippen LogP contribution in [0.4, 0.5) is 4.39 Å². The van der Waals surface area contributed by atoms with Crippen LogP contribution in [0.2, 0.25) is 0 Å². The molecule has 4 nitrogen and oxygen atoms in total. The first-order chi connectivity index (χ1) is 11.1. The van der Waals surface area contributed by atoms with E-state index in [9.17, 15) is 9.50 Å². The summed E-state index contributed by atoms with van der Waals surface area (Å²) in [5, 5.41) is 18.5. The molecule has 0 aliphatic rings. The minimum Gasteiger partial charge on any atom is -0.493 e. The Kier molecular flexibility index (Phi) is 5.95. The maximum absolute atomic E-state index is 12.9. The highest BCUT2D eigenvalue weighted by Gasteiger charge is 2.12. The molecule has 120 valence electrons. The smallest absolute Gasteiger partial charge is 0.161 e. The Morgan fingerprint density at radius 2 is 1.91 bits per heavy atom. The van der Waals surface area contributed by atoms with Gasteiger partial charge in [0.2, 0.25) is 0 Å². The molecule has 0 radical (unpaired) electrons. The van der Waals surface area contributed by atoms with E-state index in [1.165, 1.54) is 19.2 Å². The van der Waals surface area contributed by atoms with Gasteiger partial charge < -0.3 is 14.6 Å². The monoisotopic (exact) mass is 315 g/mol. The largest absolute Gasteiger partial charge is 0.493 e. The molecule has 2 rings (SSSR count). The van der Waals surface area contributed by atoms with Crippen LogP contribution >= 0.6 is 0 Å². The summed E-state index contributed by atoms with van der Waals surface area (Å²) in [6, 6.07) is 13.2. The maximum Gasteiger partial charge on any atom is 0.161 e. The van der Waals surface area contributed by atoms with E-state index in [0.29, 0.717) is 30.1 Å². The van der Waals surface area contributed by atoms with E-state index in [2.05, 4.69) is 0 Å². The topological polar surface area (TPSA) is 62.5 Å². The Morgan fingerprint density at radius 3 is 2.57 bits per heavy atom. The second-order valence-corrected chi connectivity index (χ2v) is 5.01. The molecule has 0 spiro atoms. The van der Waals surface area contributed by atoms with Gasteiger partial charge in [0.1, 0.15) is 5.82 Å². The van der Waals surface area contributed by atoms with Gasteiger partial charge in [0.15, 0.2) is 11.5 Å². The first-order valence-electron chi connectivity index (χ1n) is 7.24. The van der Waals surface area contributed by atoms with E-state index >= 15 is 0 Å². The van der Waals surface area contributed by atoms with Gasteiger partial charge in [-0.25, -0.2) is 4.39 Å². The van der Waals surface area contributed by atoms with Crippen molar-refractivity contribution in [1.29, 1.82) is 5.26 Å². The first kappa shape index (κ1) is 16.8. The fraction of sp³-hybridized carbons (Fsp3) is 0.278. The number of hydrogen-bond acceptors (Lipinski definition) is 4. The number of nitriles is 1. The van der Waals surface area contributed by atoms with Crippen LogP contribution < -0.4 is 9.47 Å². The van der Waals surface area contributed by atoms with Crippen molar-refractivity contribution in [3.05, 3.63) is 59.4 Å². The van der Waals surface area contributed by atoms with E-state index in [1.807, 2.05) is 6.07 Å². The first-order valence-corrected chi connectivity index (χ1v) is 7.24. The molecule has 1 atom stereocenters. The third kappa shape index (κ3) is 4.70. The molecule has 0 fully saturated rings. The summed E-state index contributed by atoms with van der Waals surface area (Å²) in [6.07, 6.45) is -0.221. The van der Waals surface area contributed by atoms with Crippen molar-refractivity contribution in [3.63, 3.8) is 0 Å². The number of rotatable bonds is 7. The standard InChI is InChI=1S/C18H18FNO3/c1-22-17-7-4-14(16(21)8-10-20)12-18(17)23-11-9-13-2-5-15(19)6-3-13/h2-7,12,16,21H,8-9,11H2,1H3. The second-order valence-electron chi connectivity index (χ2n) is 5.01. The highest BCUT2D eigenvalue weighted by Crippen LogP contribution is 2.31. The summed E-state index contributed by atoms with van der Waals surface area (Å²) in [5.74, 6) is 0.789. The third-order valence-corrected chi connectivity index (χ3v) is 3.42. The lowest BCUT2D eigenvalue weighted by molar-refractivity contribution is 0.182. The molecular weight excluding hydrogens is 297 g/mol. The summed E-state index contributed by atoms with van der Waals surface area (Å²) < 4.78 is 23.8. The number of aliphatic hydroxyl groups is 1. The van der Waals surface area contributed by atoms with Crippen molar-refractivity contribution in [2.45, 2.75) is 18.9 Å². The predicted molar refractivity (Wildman–Crippen MR) is 83.8 cm³/mol. The molecular formula is C18H18FNO3. The quantitative estimate of drug-likeness (QED) is 0.850. The molecule has 0 amide bonds. The Labute approximate surface area is 134 Å². The average Bonchev–Trinajstić information content (AvgIpc) is 2.57. The number of methoxy groups -OCH3 is 1. The van der Waals surface area contributed by atoms with Gasteiger partial charge in [0, 0.05) is 6.42 Å². The SMILES string of the molecule is COc1ccc(C(O)CC#N)cc1OCCc1ccc(F)cc1. The molecule has 2 aromatic rings. The molecule has 0 aliphatic heterocycles. The molecule has 0 saturated carbocycles. The molecule has 5 heteroatoms. The highest BCUT2D eigenvalue weighted by molar-refractivity contribution is 5.43. The van der Waals surface area contributed by atoms with E-state index in [1.54, 1.807) is 30.3 Å². The molecule has 1 unspecified atom stereocenters. The highest BCUT2D eigenvalue weighted by atomic mass is 19.1. The number of ether oxygens (including phenoxy) is 2. The van der Waals surface area contributed by atoms with Gasteiger partial charge >= 0.3 is 0 Å². The predicted octanol–water partition coefficient (Wildman–Crippen LogP) is 3.40. The number of halogens is 1. The van der Waals surface area contributed by atoms with Crippen LogP contribution in [-0.4, -0.2) is 18.8 Å². The van der Waals surface area contributed by atoms with Crippen LogP contribution in [0.5, 0.6) is 11.5 Å². The van der Waals surface area contributed by atoms with E-state index in [-0.39, 0.29) is 12.2 Å². The summed E-state index contributed by atoms with van der Waals surface area (Å²) in [4.78, 5) is 0. The normalized spacial score (nSPS) is 11.6. The van der Waals surface area contributed by atoms with Gasteiger partial charge in [-0.05, 0) is 35.4 Å².